The van der Waals surface area contributed by atoms with Crippen molar-refractivity contribution >= 4 is 11.9 Å². The highest BCUT2D eigenvalue weighted by atomic mass is 16.5. The summed E-state index contributed by atoms with van der Waals surface area (Å²) >= 11 is 0. The number of carboxylic acid groups (broad SMARTS) is 1. The minimum atomic E-state index is -0.881. The predicted octanol–water partition coefficient (Wildman–Crippen LogP) is 0.494. The lowest BCUT2D eigenvalue weighted by molar-refractivity contribution is -0.140. The molecule has 1 aliphatic carbocycles. The molecule has 1 fully saturated rings. The second-order valence-electron chi connectivity index (χ2n) is 4.60. The molecule has 5 heteroatoms. The van der Waals surface area contributed by atoms with Gasteiger partial charge in [-0.05, 0) is 12.3 Å². The van der Waals surface area contributed by atoms with E-state index in [1.807, 2.05) is 13.8 Å². The van der Waals surface area contributed by atoms with Crippen LogP contribution in [-0.2, 0) is 14.3 Å². The lowest BCUT2D eigenvalue weighted by Crippen LogP contribution is -2.42. The summed E-state index contributed by atoms with van der Waals surface area (Å²) < 4.78 is 5.01. The molecule has 2 N–H and O–H groups in total. The summed E-state index contributed by atoms with van der Waals surface area (Å²) in [7, 11) is 1.58. The Labute approximate surface area is 95.2 Å². The maximum absolute atomic E-state index is 11.7. The Morgan fingerprint density at radius 3 is 2.44 bits per heavy atom. The number of carboxylic acids is 1. The highest BCUT2D eigenvalue weighted by molar-refractivity contribution is 5.89. The fourth-order valence-corrected chi connectivity index (χ4v) is 1.63. The van der Waals surface area contributed by atoms with Gasteiger partial charge >= 0.3 is 5.97 Å². The second kappa shape index (κ2) is 5.30. The largest absolute Gasteiger partial charge is 0.481 e. The Bertz CT molecular complexity index is 277. The molecule has 0 aliphatic heterocycles. The Morgan fingerprint density at radius 1 is 1.44 bits per heavy atom. The van der Waals surface area contributed by atoms with E-state index >= 15 is 0 Å². The molecule has 3 atom stereocenters. The van der Waals surface area contributed by atoms with Crippen LogP contribution < -0.4 is 5.32 Å². The Balaban J connectivity index is 2.41. The zero-order valence-corrected chi connectivity index (χ0v) is 9.90. The van der Waals surface area contributed by atoms with Gasteiger partial charge in [-0.25, -0.2) is 0 Å². The van der Waals surface area contributed by atoms with E-state index in [4.69, 9.17) is 9.84 Å². The molecule has 0 saturated heterocycles. The van der Waals surface area contributed by atoms with Crippen molar-refractivity contribution < 1.29 is 19.4 Å². The molecular formula is C11H19NO4. The fourth-order valence-electron chi connectivity index (χ4n) is 1.63. The molecule has 3 unspecified atom stereocenters. The molecule has 0 heterocycles. The quantitative estimate of drug-likeness (QED) is 0.695. The molecule has 0 bridgehead atoms. The van der Waals surface area contributed by atoms with Gasteiger partial charge in [0.2, 0.25) is 5.91 Å². The van der Waals surface area contributed by atoms with E-state index in [0.717, 1.165) is 0 Å². The Kier molecular flexibility index (Phi) is 4.29. The zero-order chi connectivity index (χ0) is 12.3. The maximum atomic E-state index is 11.7. The topological polar surface area (TPSA) is 75.6 Å². The van der Waals surface area contributed by atoms with Crippen LogP contribution >= 0.6 is 0 Å². The predicted molar refractivity (Wildman–Crippen MR) is 57.9 cm³/mol. The van der Waals surface area contributed by atoms with Gasteiger partial charge in [0.15, 0.2) is 0 Å². The average molecular weight is 229 g/mol. The molecule has 0 aromatic carbocycles. The van der Waals surface area contributed by atoms with Crippen molar-refractivity contribution in [3.05, 3.63) is 0 Å². The van der Waals surface area contributed by atoms with Crippen LogP contribution in [0.15, 0.2) is 0 Å². The SMILES string of the molecule is COCC(NC(=O)C1CC1C(=O)O)C(C)C. The molecule has 1 amide bonds. The number of aliphatic carboxylic acids is 1. The minimum Gasteiger partial charge on any atom is -0.481 e. The van der Waals surface area contributed by atoms with Gasteiger partial charge in [-0.3, -0.25) is 9.59 Å². The number of methoxy groups -OCH3 is 1. The zero-order valence-electron chi connectivity index (χ0n) is 9.90. The van der Waals surface area contributed by atoms with Gasteiger partial charge in [0.1, 0.15) is 0 Å². The van der Waals surface area contributed by atoms with Crippen LogP contribution in [0.1, 0.15) is 20.3 Å². The lowest BCUT2D eigenvalue weighted by Gasteiger charge is -2.21. The van der Waals surface area contributed by atoms with Crippen molar-refractivity contribution in [2.24, 2.45) is 17.8 Å². The van der Waals surface area contributed by atoms with Crippen molar-refractivity contribution in [3.8, 4) is 0 Å². The van der Waals surface area contributed by atoms with Crippen LogP contribution in [0.3, 0.4) is 0 Å². The monoisotopic (exact) mass is 229 g/mol. The van der Waals surface area contributed by atoms with Crippen LogP contribution in [0.4, 0.5) is 0 Å². The van der Waals surface area contributed by atoms with Gasteiger partial charge in [-0.1, -0.05) is 13.8 Å². The standard InChI is InChI=1S/C11H19NO4/c1-6(2)9(5-16-3)12-10(13)7-4-8(7)11(14)15/h6-9H,4-5H2,1-3H3,(H,12,13)(H,14,15). The summed E-state index contributed by atoms with van der Waals surface area (Å²) in [5.41, 5.74) is 0. The molecule has 0 aromatic heterocycles. The fraction of sp³-hybridized carbons (Fsp3) is 0.818. The van der Waals surface area contributed by atoms with Crippen molar-refractivity contribution in [1.82, 2.24) is 5.32 Å². The first-order chi connectivity index (χ1) is 7.47. The van der Waals surface area contributed by atoms with Crippen LogP contribution in [0.25, 0.3) is 0 Å². The van der Waals surface area contributed by atoms with E-state index in [9.17, 15) is 9.59 Å². The number of nitrogens with one attached hydrogen (secondary N) is 1. The summed E-state index contributed by atoms with van der Waals surface area (Å²) in [6, 6.07) is -0.0486. The third kappa shape index (κ3) is 3.20. The first kappa shape index (κ1) is 13.0. The summed E-state index contributed by atoms with van der Waals surface area (Å²) in [5.74, 6) is -1.62. The van der Waals surface area contributed by atoms with Crippen molar-refractivity contribution in [3.63, 3.8) is 0 Å². The normalized spacial score (nSPS) is 25.2. The molecule has 0 radical (unpaired) electrons. The molecule has 1 aliphatic rings. The average Bonchev–Trinajstić information content (AvgIpc) is 2.96. The van der Waals surface area contributed by atoms with E-state index in [2.05, 4.69) is 5.32 Å². The molecular weight excluding hydrogens is 210 g/mol. The van der Waals surface area contributed by atoms with Gasteiger partial charge in [-0.15, -0.1) is 0 Å². The second-order valence-corrected chi connectivity index (χ2v) is 4.60. The number of amides is 1. The van der Waals surface area contributed by atoms with Crippen molar-refractivity contribution in [2.45, 2.75) is 26.3 Å². The number of hydrogen-bond acceptors (Lipinski definition) is 3. The Morgan fingerprint density at radius 2 is 2.06 bits per heavy atom. The van der Waals surface area contributed by atoms with Crippen molar-refractivity contribution in [1.29, 1.82) is 0 Å². The Hall–Kier alpha value is -1.10. The maximum Gasteiger partial charge on any atom is 0.307 e. The summed E-state index contributed by atoms with van der Waals surface area (Å²) in [4.78, 5) is 22.3. The van der Waals surface area contributed by atoms with Crippen molar-refractivity contribution in [2.75, 3.05) is 13.7 Å². The molecule has 1 saturated carbocycles. The number of hydrogen-bond donors (Lipinski definition) is 2. The van der Waals surface area contributed by atoms with Crippen LogP contribution in [-0.4, -0.2) is 36.7 Å². The highest BCUT2D eigenvalue weighted by Gasteiger charge is 2.48. The number of carbonyl (C=O) groups is 2. The molecule has 0 spiro atoms. The lowest BCUT2D eigenvalue weighted by atomic mass is 10.1. The summed E-state index contributed by atoms with van der Waals surface area (Å²) in [5, 5.41) is 11.6. The molecule has 16 heavy (non-hydrogen) atoms. The van der Waals surface area contributed by atoms with E-state index in [1.165, 1.54) is 0 Å². The molecule has 1 rings (SSSR count). The van der Waals surface area contributed by atoms with Crippen LogP contribution in [0.2, 0.25) is 0 Å². The first-order valence-corrected chi connectivity index (χ1v) is 5.49. The summed E-state index contributed by atoms with van der Waals surface area (Å²) in [6.07, 6.45) is 0.457. The summed E-state index contributed by atoms with van der Waals surface area (Å²) in [6.45, 7) is 4.44. The van der Waals surface area contributed by atoms with E-state index in [1.54, 1.807) is 7.11 Å². The van der Waals surface area contributed by atoms with Gasteiger partial charge in [0.05, 0.1) is 24.5 Å². The highest BCUT2D eigenvalue weighted by Crippen LogP contribution is 2.38. The first-order valence-electron chi connectivity index (χ1n) is 5.49. The minimum absolute atomic E-state index is 0.0486. The smallest absolute Gasteiger partial charge is 0.307 e. The third-order valence-corrected chi connectivity index (χ3v) is 2.92. The van der Waals surface area contributed by atoms with Crippen LogP contribution in [0.5, 0.6) is 0 Å². The van der Waals surface area contributed by atoms with E-state index in [-0.39, 0.29) is 23.8 Å². The molecule has 5 nitrogen and oxygen atoms in total. The third-order valence-electron chi connectivity index (χ3n) is 2.92. The van der Waals surface area contributed by atoms with Gasteiger partial charge in [0.25, 0.3) is 0 Å². The molecule has 92 valence electrons. The number of ether oxygens (including phenoxy) is 1. The van der Waals surface area contributed by atoms with Gasteiger partial charge in [0, 0.05) is 7.11 Å². The van der Waals surface area contributed by atoms with E-state index in [0.29, 0.717) is 13.0 Å². The molecule has 0 aromatic rings. The van der Waals surface area contributed by atoms with Gasteiger partial charge < -0.3 is 15.2 Å². The number of carbonyl (C=O) groups excluding carboxylic acids is 1. The van der Waals surface area contributed by atoms with Crippen LogP contribution in [0, 0.1) is 17.8 Å². The van der Waals surface area contributed by atoms with Gasteiger partial charge in [-0.2, -0.15) is 0 Å². The van der Waals surface area contributed by atoms with E-state index < -0.39 is 11.9 Å². The number of rotatable bonds is 6.